The van der Waals surface area contributed by atoms with Crippen LogP contribution in [0.2, 0.25) is 0 Å². The van der Waals surface area contributed by atoms with E-state index < -0.39 is 5.60 Å². The Morgan fingerprint density at radius 2 is 2.00 bits per heavy atom. The van der Waals surface area contributed by atoms with E-state index in [4.69, 9.17) is 4.74 Å². The van der Waals surface area contributed by atoms with Crippen LogP contribution in [0.25, 0.3) is 5.57 Å². The van der Waals surface area contributed by atoms with Gasteiger partial charge in [-0.2, -0.15) is 0 Å². The van der Waals surface area contributed by atoms with Crippen LogP contribution in [0, 0.1) is 0 Å². The molecule has 1 atom stereocenters. The molecule has 3 heteroatoms. The second-order valence-electron chi connectivity index (χ2n) is 4.83. The molecule has 1 heterocycles. The van der Waals surface area contributed by atoms with Gasteiger partial charge in [0.2, 0.25) is 0 Å². The topological polar surface area (TPSA) is 43.4 Å². The number of hydrogen-bond acceptors (Lipinski definition) is 3. The lowest BCUT2D eigenvalue weighted by Crippen LogP contribution is -2.39. The highest BCUT2D eigenvalue weighted by Gasteiger charge is 2.45. The fourth-order valence-electron chi connectivity index (χ4n) is 2.77. The van der Waals surface area contributed by atoms with E-state index >= 15 is 0 Å². The minimum atomic E-state index is -0.893. The zero-order chi connectivity index (χ0) is 12.8. The summed E-state index contributed by atoms with van der Waals surface area (Å²) in [6.45, 7) is 2.11. The molecule has 0 saturated carbocycles. The van der Waals surface area contributed by atoms with E-state index in [2.05, 4.69) is 0 Å². The molecule has 1 saturated heterocycles. The highest BCUT2D eigenvalue weighted by atomic mass is 16.5. The third-order valence-corrected chi connectivity index (χ3v) is 3.66. The minimum absolute atomic E-state index is 0.0133. The summed E-state index contributed by atoms with van der Waals surface area (Å²) in [4.78, 5) is 24.3. The smallest absolute Gasteiger partial charge is 0.199 e. The van der Waals surface area contributed by atoms with Crippen molar-refractivity contribution in [2.75, 3.05) is 6.61 Å². The average Bonchev–Trinajstić information content (AvgIpc) is 2.83. The molecule has 1 fully saturated rings. The SMILES string of the molecule is CC(=O)C1=CC2(CCCO2)C(=O)c2ccccc21. The molecule has 0 amide bonds. The standard InChI is InChI=1S/C15H14O3/c1-10(16)13-9-15(7-4-8-18-15)14(17)12-6-3-2-5-11(12)13/h2-3,5-6,9H,4,7-8H2,1H3. The highest BCUT2D eigenvalue weighted by Crippen LogP contribution is 2.39. The van der Waals surface area contributed by atoms with Gasteiger partial charge in [0.15, 0.2) is 11.6 Å². The molecule has 1 aromatic rings. The maximum absolute atomic E-state index is 12.5. The number of rotatable bonds is 1. The molecule has 18 heavy (non-hydrogen) atoms. The van der Waals surface area contributed by atoms with Crippen LogP contribution in [0.3, 0.4) is 0 Å². The van der Waals surface area contributed by atoms with E-state index in [1.54, 1.807) is 12.1 Å². The molecule has 1 aliphatic heterocycles. The number of Topliss-reactive ketones (excluding diaryl/α,β-unsaturated/α-hetero) is 2. The van der Waals surface area contributed by atoms with Gasteiger partial charge >= 0.3 is 0 Å². The van der Waals surface area contributed by atoms with Gasteiger partial charge in [0.1, 0.15) is 5.60 Å². The third kappa shape index (κ3) is 1.47. The first kappa shape index (κ1) is 11.4. The van der Waals surface area contributed by atoms with Gasteiger partial charge in [0.05, 0.1) is 0 Å². The van der Waals surface area contributed by atoms with E-state index in [1.807, 2.05) is 18.2 Å². The van der Waals surface area contributed by atoms with Crippen LogP contribution >= 0.6 is 0 Å². The van der Waals surface area contributed by atoms with Crippen LogP contribution in [-0.4, -0.2) is 23.8 Å². The Balaban J connectivity index is 2.23. The summed E-state index contributed by atoms with van der Waals surface area (Å²) < 4.78 is 5.65. The molecule has 0 radical (unpaired) electrons. The van der Waals surface area contributed by atoms with Crippen molar-refractivity contribution in [3.05, 3.63) is 41.5 Å². The van der Waals surface area contributed by atoms with Crippen molar-refractivity contribution in [1.82, 2.24) is 0 Å². The first-order valence-corrected chi connectivity index (χ1v) is 6.16. The van der Waals surface area contributed by atoms with Crippen molar-refractivity contribution in [2.45, 2.75) is 25.4 Å². The Labute approximate surface area is 105 Å². The van der Waals surface area contributed by atoms with Crippen molar-refractivity contribution >= 4 is 17.1 Å². The maximum Gasteiger partial charge on any atom is 0.199 e. The van der Waals surface area contributed by atoms with Gasteiger partial charge in [0.25, 0.3) is 0 Å². The Kier molecular flexibility index (Phi) is 2.45. The van der Waals surface area contributed by atoms with Crippen LogP contribution in [0.5, 0.6) is 0 Å². The number of carbonyl (C=O) groups is 2. The molecule has 3 nitrogen and oxygen atoms in total. The summed E-state index contributed by atoms with van der Waals surface area (Å²) in [5.41, 5.74) is 1.05. The lowest BCUT2D eigenvalue weighted by atomic mass is 9.78. The van der Waals surface area contributed by atoms with Gasteiger partial charge in [-0.25, -0.2) is 0 Å². The van der Waals surface area contributed by atoms with E-state index in [-0.39, 0.29) is 11.6 Å². The van der Waals surface area contributed by atoms with Crippen molar-refractivity contribution in [3.8, 4) is 0 Å². The molecule has 0 aromatic heterocycles. The van der Waals surface area contributed by atoms with Gasteiger partial charge in [-0.3, -0.25) is 9.59 Å². The van der Waals surface area contributed by atoms with Gasteiger partial charge in [0, 0.05) is 17.7 Å². The predicted molar refractivity (Wildman–Crippen MR) is 67.3 cm³/mol. The Morgan fingerprint density at radius 3 is 2.61 bits per heavy atom. The molecule has 1 aromatic carbocycles. The highest BCUT2D eigenvalue weighted by molar-refractivity contribution is 6.26. The van der Waals surface area contributed by atoms with Crippen molar-refractivity contribution in [1.29, 1.82) is 0 Å². The van der Waals surface area contributed by atoms with Crippen LogP contribution in [0.4, 0.5) is 0 Å². The molecule has 0 N–H and O–H groups in total. The van der Waals surface area contributed by atoms with E-state index in [0.717, 1.165) is 12.0 Å². The molecule has 3 rings (SSSR count). The number of ketones is 2. The van der Waals surface area contributed by atoms with Crippen molar-refractivity contribution < 1.29 is 14.3 Å². The van der Waals surface area contributed by atoms with Gasteiger partial charge < -0.3 is 4.74 Å². The Morgan fingerprint density at radius 1 is 1.28 bits per heavy atom. The van der Waals surface area contributed by atoms with Crippen LogP contribution in [0.1, 0.15) is 35.7 Å². The lowest BCUT2D eigenvalue weighted by molar-refractivity contribution is -0.111. The number of hydrogen-bond donors (Lipinski definition) is 0. The monoisotopic (exact) mass is 242 g/mol. The average molecular weight is 242 g/mol. The fourth-order valence-corrected chi connectivity index (χ4v) is 2.77. The first-order valence-electron chi connectivity index (χ1n) is 6.16. The summed E-state index contributed by atoms with van der Waals surface area (Å²) in [7, 11) is 0. The van der Waals surface area contributed by atoms with Gasteiger partial charge in [-0.05, 0) is 31.4 Å². The van der Waals surface area contributed by atoms with E-state index in [1.165, 1.54) is 6.92 Å². The number of carbonyl (C=O) groups excluding carboxylic acids is 2. The molecule has 1 aliphatic carbocycles. The van der Waals surface area contributed by atoms with Gasteiger partial charge in [-0.1, -0.05) is 24.3 Å². The van der Waals surface area contributed by atoms with Crippen LogP contribution in [-0.2, 0) is 9.53 Å². The lowest BCUT2D eigenvalue weighted by Gasteiger charge is -2.29. The van der Waals surface area contributed by atoms with E-state index in [0.29, 0.717) is 24.2 Å². The van der Waals surface area contributed by atoms with Crippen LogP contribution < -0.4 is 0 Å². The predicted octanol–water partition coefficient (Wildman–Crippen LogP) is 2.40. The summed E-state index contributed by atoms with van der Waals surface area (Å²) in [5, 5.41) is 0. The van der Waals surface area contributed by atoms with Crippen LogP contribution in [0.15, 0.2) is 30.3 Å². The number of ether oxygens (including phenoxy) is 1. The molecule has 2 aliphatic rings. The maximum atomic E-state index is 12.5. The quantitative estimate of drug-likeness (QED) is 0.759. The zero-order valence-corrected chi connectivity index (χ0v) is 10.2. The second-order valence-corrected chi connectivity index (χ2v) is 4.83. The normalized spacial score (nSPS) is 26.1. The Hall–Kier alpha value is -1.74. The number of benzene rings is 1. The fraction of sp³-hybridized carbons (Fsp3) is 0.333. The number of allylic oxidation sites excluding steroid dienone is 1. The zero-order valence-electron chi connectivity index (χ0n) is 10.2. The first-order chi connectivity index (χ1) is 8.64. The summed E-state index contributed by atoms with van der Waals surface area (Å²) in [6.07, 6.45) is 3.25. The summed E-state index contributed by atoms with van der Waals surface area (Å²) >= 11 is 0. The van der Waals surface area contributed by atoms with Crippen molar-refractivity contribution in [2.24, 2.45) is 0 Å². The molecular weight excluding hydrogens is 228 g/mol. The number of fused-ring (bicyclic) bond motifs is 1. The summed E-state index contributed by atoms with van der Waals surface area (Å²) in [6, 6.07) is 7.26. The van der Waals surface area contributed by atoms with Gasteiger partial charge in [-0.15, -0.1) is 0 Å². The third-order valence-electron chi connectivity index (χ3n) is 3.66. The van der Waals surface area contributed by atoms with Crippen molar-refractivity contribution in [3.63, 3.8) is 0 Å². The molecule has 1 spiro atoms. The summed E-state index contributed by atoms with van der Waals surface area (Å²) in [5.74, 6) is -0.0366. The Bertz CT molecular complexity index is 563. The molecular formula is C15H14O3. The largest absolute Gasteiger partial charge is 0.363 e. The molecule has 1 unspecified atom stereocenters. The second kappa shape index (κ2) is 3.89. The molecule has 0 bridgehead atoms. The minimum Gasteiger partial charge on any atom is -0.363 e. The molecule has 92 valence electrons. The van der Waals surface area contributed by atoms with E-state index in [9.17, 15) is 9.59 Å².